The lowest BCUT2D eigenvalue weighted by molar-refractivity contribution is -0.143. The van der Waals surface area contributed by atoms with Gasteiger partial charge in [-0.2, -0.15) is 8.78 Å². The summed E-state index contributed by atoms with van der Waals surface area (Å²) < 4.78 is 34.0. The monoisotopic (exact) mass is 314 g/mol. The molecule has 0 radical (unpaired) electrons. The molecule has 1 aromatic carbocycles. The van der Waals surface area contributed by atoms with Crippen LogP contribution >= 0.6 is 0 Å². The SMILES string of the molecule is CCOC(=O)CCc1cccc(OC(F)F)c1/C=C/C(=O)O. The Morgan fingerprint density at radius 3 is 2.68 bits per heavy atom. The Bertz CT molecular complexity index is 555. The molecule has 5 nitrogen and oxygen atoms in total. The van der Waals surface area contributed by atoms with Crippen LogP contribution in [0.5, 0.6) is 5.75 Å². The first kappa shape index (κ1) is 17.6. The largest absolute Gasteiger partial charge is 0.478 e. The van der Waals surface area contributed by atoms with Gasteiger partial charge in [0.25, 0.3) is 0 Å². The van der Waals surface area contributed by atoms with Crippen LogP contribution in [-0.4, -0.2) is 30.3 Å². The van der Waals surface area contributed by atoms with E-state index >= 15 is 0 Å². The summed E-state index contributed by atoms with van der Waals surface area (Å²) in [5, 5.41) is 8.68. The maximum atomic E-state index is 12.4. The second-order valence-corrected chi connectivity index (χ2v) is 4.18. The van der Waals surface area contributed by atoms with Gasteiger partial charge in [0.2, 0.25) is 0 Å². The number of rotatable bonds is 8. The predicted molar refractivity (Wildman–Crippen MR) is 74.7 cm³/mol. The van der Waals surface area contributed by atoms with Crippen molar-refractivity contribution in [2.45, 2.75) is 26.4 Å². The minimum Gasteiger partial charge on any atom is -0.478 e. The van der Waals surface area contributed by atoms with E-state index in [4.69, 9.17) is 9.84 Å². The molecule has 0 bridgehead atoms. The molecule has 0 aliphatic heterocycles. The number of carbonyl (C=O) groups excluding carboxylic acids is 1. The van der Waals surface area contributed by atoms with Gasteiger partial charge in [0.15, 0.2) is 0 Å². The fourth-order valence-corrected chi connectivity index (χ4v) is 1.82. The number of halogens is 2. The number of hydrogen-bond donors (Lipinski definition) is 1. The van der Waals surface area contributed by atoms with Crippen molar-refractivity contribution in [3.63, 3.8) is 0 Å². The highest BCUT2D eigenvalue weighted by atomic mass is 19.3. The molecular weight excluding hydrogens is 298 g/mol. The second kappa shape index (κ2) is 8.76. The molecule has 0 amide bonds. The van der Waals surface area contributed by atoms with Crippen molar-refractivity contribution in [1.29, 1.82) is 0 Å². The molecule has 0 unspecified atom stereocenters. The molecule has 0 aromatic heterocycles. The lowest BCUT2D eigenvalue weighted by atomic mass is 10.0. The zero-order valence-electron chi connectivity index (χ0n) is 11.9. The van der Waals surface area contributed by atoms with Gasteiger partial charge in [0.1, 0.15) is 5.75 Å². The summed E-state index contributed by atoms with van der Waals surface area (Å²) in [4.78, 5) is 22.0. The Kier molecular flexibility index (Phi) is 7.01. The van der Waals surface area contributed by atoms with E-state index in [0.717, 1.165) is 6.08 Å². The highest BCUT2D eigenvalue weighted by molar-refractivity contribution is 5.86. The van der Waals surface area contributed by atoms with Gasteiger partial charge in [-0.15, -0.1) is 0 Å². The number of aliphatic carboxylic acids is 1. The Balaban J connectivity index is 3.03. The molecule has 22 heavy (non-hydrogen) atoms. The molecule has 0 spiro atoms. The first-order chi connectivity index (χ1) is 10.4. The molecule has 0 saturated heterocycles. The Labute approximate surface area is 126 Å². The summed E-state index contributed by atoms with van der Waals surface area (Å²) in [5.41, 5.74) is 0.721. The number of carboxylic acid groups (broad SMARTS) is 1. The smallest absolute Gasteiger partial charge is 0.387 e. The lowest BCUT2D eigenvalue weighted by Gasteiger charge is -2.12. The number of aryl methyl sites for hydroxylation is 1. The van der Waals surface area contributed by atoms with Crippen molar-refractivity contribution in [2.24, 2.45) is 0 Å². The summed E-state index contributed by atoms with van der Waals surface area (Å²) in [6.45, 7) is -1.10. The highest BCUT2D eigenvalue weighted by Crippen LogP contribution is 2.26. The van der Waals surface area contributed by atoms with Crippen molar-refractivity contribution in [2.75, 3.05) is 6.61 Å². The van der Waals surface area contributed by atoms with Gasteiger partial charge in [-0.3, -0.25) is 4.79 Å². The molecule has 0 aliphatic carbocycles. The van der Waals surface area contributed by atoms with Gasteiger partial charge in [-0.1, -0.05) is 12.1 Å². The van der Waals surface area contributed by atoms with Crippen molar-refractivity contribution in [3.05, 3.63) is 35.4 Å². The summed E-state index contributed by atoms with van der Waals surface area (Å²) in [5.74, 6) is -1.78. The van der Waals surface area contributed by atoms with E-state index in [1.165, 1.54) is 18.2 Å². The fraction of sp³-hybridized carbons (Fsp3) is 0.333. The minimum absolute atomic E-state index is 0.0554. The molecule has 0 saturated carbocycles. The van der Waals surface area contributed by atoms with Gasteiger partial charge in [0.05, 0.1) is 6.61 Å². The van der Waals surface area contributed by atoms with Crippen LogP contribution in [0.3, 0.4) is 0 Å². The third-order valence-electron chi connectivity index (χ3n) is 2.67. The number of carbonyl (C=O) groups is 2. The predicted octanol–water partition coefficient (Wildman–Crippen LogP) is 2.88. The number of ether oxygens (including phenoxy) is 2. The summed E-state index contributed by atoms with van der Waals surface area (Å²) in [6, 6.07) is 4.41. The van der Waals surface area contributed by atoms with Crippen molar-refractivity contribution >= 4 is 18.0 Å². The number of esters is 1. The first-order valence-corrected chi connectivity index (χ1v) is 6.57. The molecule has 0 heterocycles. The molecule has 7 heteroatoms. The van der Waals surface area contributed by atoms with Gasteiger partial charge >= 0.3 is 18.6 Å². The van der Waals surface area contributed by atoms with Crippen LogP contribution in [0.25, 0.3) is 6.08 Å². The molecule has 1 rings (SSSR count). The molecule has 1 N–H and O–H groups in total. The lowest BCUT2D eigenvalue weighted by Crippen LogP contribution is -2.08. The van der Waals surface area contributed by atoms with Crippen LogP contribution in [-0.2, 0) is 20.7 Å². The van der Waals surface area contributed by atoms with E-state index in [9.17, 15) is 18.4 Å². The third kappa shape index (κ3) is 5.90. The Morgan fingerprint density at radius 2 is 2.09 bits per heavy atom. The van der Waals surface area contributed by atoms with Crippen LogP contribution in [0.4, 0.5) is 8.78 Å². The zero-order valence-corrected chi connectivity index (χ0v) is 11.9. The number of benzene rings is 1. The Hall–Kier alpha value is -2.44. The topological polar surface area (TPSA) is 72.8 Å². The maximum Gasteiger partial charge on any atom is 0.387 e. The molecule has 0 atom stereocenters. The Morgan fingerprint density at radius 1 is 1.36 bits per heavy atom. The van der Waals surface area contributed by atoms with Crippen molar-refractivity contribution in [1.82, 2.24) is 0 Å². The summed E-state index contributed by atoms with van der Waals surface area (Å²) >= 11 is 0. The highest BCUT2D eigenvalue weighted by Gasteiger charge is 2.13. The van der Waals surface area contributed by atoms with E-state index in [1.807, 2.05) is 0 Å². The van der Waals surface area contributed by atoms with E-state index in [0.29, 0.717) is 5.56 Å². The first-order valence-electron chi connectivity index (χ1n) is 6.57. The van der Waals surface area contributed by atoms with Gasteiger partial charge in [-0.05, 0) is 31.1 Å². The standard InChI is InChI=1S/C15H16F2O5/c1-2-21-14(20)9-6-10-4-3-5-12(22-15(16)17)11(10)7-8-13(18)19/h3-5,7-8,15H,2,6,9H2,1H3,(H,18,19)/b8-7+. The molecule has 0 aliphatic rings. The zero-order chi connectivity index (χ0) is 16.5. The summed E-state index contributed by atoms with van der Waals surface area (Å²) in [7, 11) is 0. The normalized spacial score (nSPS) is 10.9. The third-order valence-corrected chi connectivity index (χ3v) is 2.67. The quantitative estimate of drug-likeness (QED) is 0.590. The fourth-order valence-electron chi connectivity index (χ4n) is 1.82. The van der Waals surface area contributed by atoms with Gasteiger partial charge in [-0.25, -0.2) is 4.79 Å². The second-order valence-electron chi connectivity index (χ2n) is 4.18. The number of alkyl halides is 2. The van der Waals surface area contributed by atoms with Crippen LogP contribution in [0, 0.1) is 0 Å². The van der Waals surface area contributed by atoms with Crippen LogP contribution in [0.2, 0.25) is 0 Å². The molecule has 0 fully saturated rings. The average Bonchev–Trinajstić information content (AvgIpc) is 2.43. The van der Waals surface area contributed by atoms with E-state index in [2.05, 4.69) is 4.74 Å². The van der Waals surface area contributed by atoms with Crippen LogP contribution < -0.4 is 4.74 Å². The van der Waals surface area contributed by atoms with Crippen LogP contribution in [0.15, 0.2) is 24.3 Å². The molecule has 1 aromatic rings. The molecule has 120 valence electrons. The minimum atomic E-state index is -3.03. The van der Waals surface area contributed by atoms with E-state index < -0.39 is 18.6 Å². The van der Waals surface area contributed by atoms with E-state index in [1.54, 1.807) is 13.0 Å². The summed E-state index contributed by atoms with van der Waals surface area (Å²) in [6.07, 6.45) is 2.26. The van der Waals surface area contributed by atoms with Crippen LogP contribution in [0.1, 0.15) is 24.5 Å². The molecular formula is C15H16F2O5. The maximum absolute atomic E-state index is 12.4. The van der Waals surface area contributed by atoms with Crippen molar-refractivity contribution < 1.29 is 33.0 Å². The van der Waals surface area contributed by atoms with E-state index in [-0.39, 0.29) is 30.8 Å². The van der Waals surface area contributed by atoms with Gasteiger partial charge in [0, 0.05) is 18.1 Å². The average molecular weight is 314 g/mol. The number of carboxylic acids is 1. The van der Waals surface area contributed by atoms with Crippen molar-refractivity contribution in [3.8, 4) is 5.75 Å². The van der Waals surface area contributed by atoms with Gasteiger partial charge < -0.3 is 14.6 Å². The number of hydrogen-bond acceptors (Lipinski definition) is 4.